The summed E-state index contributed by atoms with van der Waals surface area (Å²) in [4.78, 5) is 5.57. The average Bonchev–Trinajstić information content (AvgIpc) is 2.96. The van der Waals surface area contributed by atoms with E-state index in [1.807, 2.05) is 18.6 Å². The summed E-state index contributed by atoms with van der Waals surface area (Å²) in [6.07, 6.45) is 7.56. The molecule has 1 saturated carbocycles. The Morgan fingerprint density at radius 2 is 2.33 bits per heavy atom. The van der Waals surface area contributed by atoms with E-state index in [1.54, 1.807) is 11.3 Å². The largest absolute Gasteiger partial charge is 0.330 e. The van der Waals surface area contributed by atoms with E-state index in [0.717, 1.165) is 23.8 Å². The Morgan fingerprint density at radius 3 is 3.06 bits per heavy atom. The number of thiophene rings is 1. The maximum absolute atomic E-state index is 5.90. The first-order valence-corrected chi connectivity index (χ1v) is 7.48. The number of halogens is 1. The molecule has 0 bridgehead atoms. The summed E-state index contributed by atoms with van der Waals surface area (Å²) >= 11 is 7.57. The van der Waals surface area contributed by atoms with Crippen molar-refractivity contribution in [3.8, 4) is 0 Å². The second kappa shape index (κ2) is 5.43. The number of hydrogen-bond donors (Lipinski definition) is 1. The molecule has 3 rings (SSSR count). The van der Waals surface area contributed by atoms with Crippen LogP contribution in [0.5, 0.6) is 0 Å². The van der Waals surface area contributed by atoms with Gasteiger partial charge in [0, 0.05) is 30.2 Å². The fourth-order valence-corrected chi connectivity index (χ4v) is 3.15. The van der Waals surface area contributed by atoms with E-state index in [4.69, 9.17) is 11.6 Å². The molecule has 1 aliphatic carbocycles. The van der Waals surface area contributed by atoms with Gasteiger partial charge in [0.2, 0.25) is 0 Å². The van der Waals surface area contributed by atoms with Crippen molar-refractivity contribution in [2.75, 3.05) is 6.54 Å². The summed E-state index contributed by atoms with van der Waals surface area (Å²) in [6, 6.07) is 4.77. The van der Waals surface area contributed by atoms with Crippen LogP contribution in [0.1, 0.15) is 29.5 Å². The fourth-order valence-electron chi connectivity index (χ4n) is 2.06. The molecule has 18 heavy (non-hydrogen) atoms. The molecule has 1 fully saturated rings. The van der Waals surface area contributed by atoms with Crippen LogP contribution in [0.3, 0.4) is 0 Å². The van der Waals surface area contributed by atoms with Crippen LogP contribution in [0.25, 0.3) is 0 Å². The molecule has 0 atom stereocenters. The molecule has 0 saturated heterocycles. The molecule has 2 aromatic rings. The summed E-state index contributed by atoms with van der Waals surface area (Å²) in [5, 5.41) is 3.47. The van der Waals surface area contributed by atoms with Crippen LogP contribution in [-0.2, 0) is 13.0 Å². The van der Waals surface area contributed by atoms with Crippen molar-refractivity contribution in [1.82, 2.24) is 14.9 Å². The highest BCUT2D eigenvalue weighted by molar-refractivity contribution is 7.16. The van der Waals surface area contributed by atoms with Crippen molar-refractivity contribution in [2.45, 2.75) is 31.8 Å². The van der Waals surface area contributed by atoms with Gasteiger partial charge in [0.1, 0.15) is 0 Å². The van der Waals surface area contributed by atoms with Crippen molar-refractivity contribution in [1.29, 1.82) is 0 Å². The van der Waals surface area contributed by atoms with Gasteiger partial charge < -0.3 is 9.88 Å². The van der Waals surface area contributed by atoms with Crippen molar-refractivity contribution < 1.29 is 0 Å². The lowest BCUT2D eigenvalue weighted by molar-refractivity contribution is 0.622. The third-order valence-corrected chi connectivity index (χ3v) is 4.46. The van der Waals surface area contributed by atoms with Gasteiger partial charge in [-0.2, -0.15) is 0 Å². The van der Waals surface area contributed by atoms with E-state index < -0.39 is 0 Å². The molecule has 2 heterocycles. The highest BCUT2D eigenvalue weighted by Crippen LogP contribution is 2.35. The smallest absolute Gasteiger partial charge is 0.0951 e. The zero-order chi connectivity index (χ0) is 12.4. The zero-order valence-corrected chi connectivity index (χ0v) is 11.7. The van der Waals surface area contributed by atoms with Crippen molar-refractivity contribution in [3.05, 3.63) is 39.6 Å². The zero-order valence-electron chi connectivity index (χ0n) is 10.1. The molecule has 0 radical (unpaired) electrons. The standard InChI is InChI=1S/C13H16ClN3S/c14-13-4-3-12(18-13)5-6-15-7-11-8-16-9-17(11)10-1-2-10/h3-4,8-10,15H,1-2,5-7H2. The molecule has 1 aliphatic rings. The van der Waals surface area contributed by atoms with E-state index in [9.17, 15) is 0 Å². The molecule has 0 aromatic carbocycles. The van der Waals surface area contributed by atoms with Gasteiger partial charge in [0.25, 0.3) is 0 Å². The molecule has 0 amide bonds. The van der Waals surface area contributed by atoms with Crippen LogP contribution in [0.2, 0.25) is 4.34 Å². The summed E-state index contributed by atoms with van der Waals surface area (Å²) in [5.74, 6) is 0. The van der Waals surface area contributed by atoms with Gasteiger partial charge in [-0.15, -0.1) is 11.3 Å². The molecular weight excluding hydrogens is 266 g/mol. The van der Waals surface area contributed by atoms with Gasteiger partial charge in [-0.05, 0) is 31.4 Å². The maximum Gasteiger partial charge on any atom is 0.0951 e. The second-order valence-electron chi connectivity index (χ2n) is 4.66. The van der Waals surface area contributed by atoms with E-state index in [-0.39, 0.29) is 0 Å². The Labute approximate surface area is 116 Å². The van der Waals surface area contributed by atoms with Crippen LogP contribution < -0.4 is 5.32 Å². The van der Waals surface area contributed by atoms with Gasteiger partial charge in [-0.1, -0.05) is 11.6 Å². The molecular formula is C13H16ClN3S. The molecule has 3 nitrogen and oxygen atoms in total. The average molecular weight is 282 g/mol. The lowest BCUT2D eigenvalue weighted by Gasteiger charge is -2.07. The molecule has 1 N–H and O–H groups in total. The van der Waals surface area contributed by atoms with Crippen LogP contribution in [0, 0.1) is 0 Å². The number of nitrogens with one attached hydrogen (secondary N) is 1. The highest BCUT2D eigenvalue weighted by Gasteiger charge is 2.24. The van der Waals surface area contributed by atoms with E-state index in [0.29, 0.717) is 6.04 Å². The van der Waals surface area contributed by atoms with Crippen LogP contribution >= 0.6 is 22.9 Å². The minimum atomic E-state index is 0.709. The SMILES string of the molecule is Clc1ccc(CCNCc2cncn2C2CC2)s1. The first-order valence-electron chi connectivity index (χ1n) is 6.28. The third kappa shape index (κ3) is 2.94. The Bertz CT molecular complexity index is 516. The van der Waals surface area contributed by atoms with Crippen molar-refractivity contribution in [3.63, 3.8) is 0 Å². The molecule has 96 valence electrons. The highest BCUT2D eigenvalue weighted by atomic mass is 35.5. The van der Waals surface area contributed by atoms with Crippen LogP contribution in [0.15, 0.2) is 24.7 Å². The number of rotatable bonds is 6. The molecule has 0 unspecified atom stereocenters. The van der Waals surface area contributed by atoms with E-state index in [2.05, 4.69) is 20.9 Å². The monoisotopic (exact) mass is 281 g/mol. The lowest BCUT2D eigenvalue weighted by atomic mass is 10.3. The summed E-state index contributed by atoms with van der Waals surface area (Å²) in [7, 11) is 0. The van der Waals surface area contributed by atoms with E-state index >= 15 is 0 Å². The Morgan fingerprint density at radius 1 is 1.44 bits per heavy atom. The second-order valence-corrected chi connectivity index (χ2v) is 6.46. The topological polar surface area (TPSA) is 29.9 Å². The van der Waals surface area contributed by atoms with Gasteiger partial charge in [0.15, 0.2) is 0 Å². The van der Waals surface area contributed by atoms with Crippen molar-refractivity contribution >= 4 is 22.9 Å². The molecule has 2 aromatic heterocycles. The summed E-state index contributed by atoms with van der Waals surface area (Å²) in [5.41, 5.74) is 1.29. The summed E-state index contributed by atoms with van der Waals surface area (Å²) < 4.78 is 3.17. The quantitative estimate of drug-likeness (QED) is 0.824. The van der Waals surface area contributed by atoms with Gasteiger partial charge in [-0.25, -0.2) is 4.98 Å². The summed E-state index contributed by atoms with van der Waals surface area (Å²) in [6.45, 7) is 1.88. The predicted molar refractivity (Wildman–Crippen MR) is 75.2 cm³/mol. The Hall–Kier alpha value is -0.840. The number of imidazole rings is 1. The van der Waals surface area contributed by atoms with Crippen LogP contribution in [0.4, 0.5) is 0 Å². The predicted octanol–water partition coefficient (Wildman–Crippen LogP) is 3.27. The normalized spacial score (nSPS) is 15.2. The minimum Gasteiger partial charge on any atom is -0.330 e. The lowest BCUT2D eigenvalue weighted by Crippen LogP contribution is -2.18. The maximum atomic E-state index is 5.90. The molecule has 0 aliphatic heterocycles. The minimum absolute atomic E-state index is 0.709. The first-order chi connectivity index (χ1) is 8.83. The van der Waals surface area contributed by atoms with Crippen LogP contribution in [-0.4, -0.2) is 16.1 Å². The fraction of sp³-hybridized carbons (Fsp3) is 0.462. The number of nitrogens with zero attached hydrogens (tertiary/aromatic N) is 2. The van der Waals surface area contributed by atoms with Gasteiger partial charge >= 0.3 is 0 Å². The number of hydrogen-bond acceptors (Lipinski definition) is 3. The van der Waals surface area contributed by atoms with Crippen molar-refractivity contribution in [2.24, 2.45) is 0 Å². The van der Waals surface area contributed by atoms with Gasteiger partial charge in [0.05, 0.1) is 16.4 Å². The van der Waals surface area contributed by atoms with E-state index in [1.165, 1.54) is 23.4 Å². The molecule has 5 heteroatoms. The Kier molecular flexibility index (Phi) is 3.68. The first kappa shape index (κ1) is 12.2. The number of aromatic nitrogens is 2. The van der Waals surface area contributed by atoms with Gasteiger partial charge in [-0.3, -0.25) is 0 Å². The third-order valence-electron chi connectivity index (χ3n) is 3.17. The molecule has 0 spiro atoms. The Balaban J connectivity index is 1.45.